The topological polar surface area (TPSA) is 88.9 Å². The van der Waals surface area contributed by atoms with Gasteiger partial charge in [-0.05, 0) is 43.2 Å². The molecule has 0 radical (unpaired) electrons. The molecule has 7 nitrogen and oxygen atoms in total. The first-order valence-corrected chi connectivity index (χ1v) is 11.1. The van der Waals surface area contributed by atoms with Crippen molar-refractivity contribution in [3.63, 3.8) is 0 Å². The van der Waals surface area contributed by atoms with E-state index in [1.807, 2.05) is 30.3 Å². The first kappa shape index (κ1) is 18.8. The Morgan fingerprint density at radius 3 is 2.57 bits per heavy atom. The maximum atomic E-state index is 14.4. The summed E-state index contributed by atoms with van der Waals surface area (Å²) in [6.45, 7) is 0. The molecule has 28 heavy (non-hydrogen) atoms. The fourth-order valence-electron chi connectivity index (χ4n) is 3.71. The third-order valence-electron chi connectivity index (χ3n) is 4.99. The zero-order valence-electron chi connectivity index (χ0n) is 15.5. The van der Waals surface area contributed by atoms with Gasteiger partial charge < -0.3 is 5.32 Å². The summed E-state index contributed by atoms with van der Waals surface area (Å²) < 4.78 is 41.5. The zero-order chi connectivity index (χ0) is 19.7. The summed E-state index contributed by atoms with van der Waals surface area (Å²) in [7, 11) is -3.19. The minimum Gasteiger partial charge on any atom is -0.351 e. The number of nitrogens with zero attached hydrogens (tertiary/aromatic N) is 3. The number of fused-ring (bicyclic) bond motifs is 1. The highest BCUT2D eigenvalue weighted by atomic mass is 32.2. The SMILES string of the molecule is CS(=O)(=O)N[C@H]1CC[C@H](Nc2ncc(F)c(-n3ccc4ccccc43)n2)CC1. The lowest BCUT2D eigenvalue weighted by atomic mass is 9.92. The smallest absolute Gasteiger partial charge is 0.225 e. The van der Waals surface area contributed by atoms with Crippen molar-refractivity contribution in [3.8, 4) is 5.82 Å². The van der Waals surface area contributed by atoms with E-state index in [0.717, 1.165) is 36.6 Å². The largest absolute Gasteiger partial charge is 0.351 e. The number of rotatable bonds is 5. The number of benzene rings is 1. The summed E-state index contributed by atoms with van der Waals surface area (Å²) in [5.74, 6) is 0.0767. The molecule has 1 fully saturated rings. The third kappa shape index (κ3) is 4.15. The van der Waals surface area contributed by atoms with Crippen LogP contribution in [0.3, 0.4) is 0 Å². The molecule has 0 amide bonds. The molecule has 2 aromatic heterocycles. The molecule has 1 aliphatic carbocycles. The Morgan fingerprint density at radius 2 is 1.82 bits per heavy atom. The molecule has 0 spiro atoms. The first-order valence-electron chi connectivity index (χ1n) is 9.22. The van der Waals surface area contributed by atoms with Gasteiger partial charge in [-0.15, -0.1) is 0 Å². The van der Waals surface area contributed by atoms with Gasteiger partial charge in [-0.2, -0.15) is 4.98 Å². The molecule has 0 bridgehead atoms. The maximum absolute atomic E-state index is 14.4. The molecular formula is C19H22FN5O2S. The zero-order valence-corrected chi connectivity index (χ0v) is 16.3. The molecule has 0 saturated heterocycles. The third-order valence-corrected chi connectivity index (χ3v) is 5.76. The summed E-state index contributed by atoms with van der Waals surface area (Å²) in [5, 5.41) is 4.27. The highest BCUT2D eigenvalue weighted by Crippen LogP contribution is 2.24. The summed E-state index contributed by atoms with van der Waals surface area (Å²) in [6.07, 6.45) is 7.20. The molecule has 0 unspecified atom stereocenters. The van der Waals surface area contributed by atoms with Crippen molar-refractivity contribution in [1.29, 1.82) is 0 Å². The number of hydrogen-bond donors (Lipinski definition) is 2. The van der Waals surface area contributed by atoms with Gasteiger partial charge in [-0.3, -0.25) is 4.57 Å². The van der Waals surface area contributed by atoms with Crippen LogP contribution in [0.2, 0.25) is 0 Å². The van der Waals surface area contributed by atoms with E-state index < -0.39 is 15.8 Å². The van der Waals surface area contributed by atoms with E-state index in [1.165, 1.54) is 12.5 Å². The Hall–Kier alpha value is -2.52. The van der Waals surface area contributed by atoms with Crippen LogP contribution in [0.15, 0.2) is 42.7 Å². The van der Waals surface area contributed by atoms with Gasteiger partial charge in [0.1, 0.15) is 0 Å². The van der Waals surface area contributed by atoms with Gasteiger partial charge >= 0.3 is 0 Å². The lowest BCUT2D eigenvalue weighted by molar-refractivity contribution is 0.387. The van der Waals surface area contributed by atoms with Gasteiger partial charge in [0.05, 0.1) is 18.0 Å². The molecule has 0 aliphatic heterocycles. The van der Waals surface area contributed by atoms with Gasteiger partial charge in [0.2, 0.25) is 16.0 Å². The van der Waals surface area contributed by atoms with Crippen LogP contribution in [0.4, 0.5) is 10.3 Å². The van der Waals surface area contributed by atoms with Crippen LogP contribution in [-0.4, -0.2) is 41.3 Å². The normalized spacial score (nSPS) is 20.4. The quantitative estimate of drug-likeness (QED) is 0.684. The second-order valence-electron chi connectivity index (χ2n) is 7.19. The lowest BCUT2D eigenvalue weighted by Gasteiger charge is -2.29. The van der Waals surface area contributed by atoms with E-state index in [4.69, 9.17) is 0 Å². The molecule has 4 rings (SSSR count). The standard InChI is InChI=1S/C19H22FN5O2S/c1-28(26,27)24-15-8-6-14(7-9-15)22-19-21-12-16(20)18(23-19)25-11-10-13-4-2-3-5-17(13)25/h2-5,10-12,14-15,24H,6-9H2,1H3,(H,21,22,23)/t14-,15-. The van der Waals surface area contributed by atoms with Gasteiger partial charge in [0.15, 0.2) is 11.6 Å². The molecule has 9 heteroatoms. The minimum atomic E-state index is -3.19. The van der Waals surface area contributed by atoms with E-state index in [9.17, 15) is 12.8 Å². The molecule has 0 atom stereocenters. The molecule has 1 aliphatic rings. The van der Waals surface area contributed by atoms with Crippen molar-refractivity contribution < 1.29 is 12.8 Å². The van der Waals surface area contributed by atoms with Crippen molar-refractivity contribution in [2.45, 2.75) is 37.8 Å². The highest BCUT2D eigenvalue weighted by Gasteiger charge is 2.24. The maximum Gasteiger partial charge on any atom is 0.225 e. The molecule has 1 saturated carbocycles. The second kappa shape index (κ2) is 7.48. The van der Waals surface area contributed by atoms with E-state index in [0.29, 0.717) is 5.95 Å². The first-order chi connectivity index (χ1) is 13.4. The molecule has 2 N–H and O–H groups in total. The van der Waals surface area contributed by atoms with Crippen molar-refractivity contribution in [1.82, 2.24) is 19.3 Å². The molecule has 1 aromatic carbocycles. The second-order valence-corrected chi connectivity index (χ2v) is 8.97. The molecule has 2 heterocycles. The summed E-state index contributed by atoms with van der Waals surface area (Å²) in [4.78, 5) is 8.47. The van der Waals surface area contributed by atoms with Crippen molar-refractivity contribution in [2.24, 2.45) is 0 Å². The number of anilines is 1. The van der Waals surface area contributed by atoms with Gasteiger partial charge in [0, 0.05) is 18.3 Å². The van der Waals surface area contributed by atoms with Crippen LogP contribution in [0.25, 0.3) is 16.7 Å². The van der Waals surface area contributed by atoms with Crippen molar-refractivity contribution in [2.75, 3.05) is 11.6 Å². The van der Waals surface area contributed by atoms with E-state index in [-0.39, 0.29) is 17.9 Å². The average molecular weight is 403 g/mol. The van der Waals surface area contributed by atoms with Crippen LogP contribution in [-0.2, 0) is 10.0 Å². The monoisotopic (exact) mass is 403 g/mol. The Bertz CT molecular complexity index is 1090. The molecular weight excluding hydrogens is 381 g/mol. The Balaban J connectivity index is 1.49. The fraction of sp³-hybridized carbons (Fsp3) is 0.368. The van der Waals surface area contributed by atoms with Crippen molar-refractivity contribution in [3.05, 3.63) is 48.5 Å². The van der Waals surface area contributed by atoms with Gasteiger partial charge in [0.25, 0.3) is 0 Å². The predicted octanol–water partition coefficient (Wildman–Crippen LogP) is 2.83. The number of sulfonamides is 1. The summed E-state index contributed by atoms with van der Waals surface area (Å²) in [6, 6.07) is 9.72. The highest BCUT2D eigenvalue weighted by molar-refractivity contribution is 7.88. The molecule has 3 aromatic rings. The predicted molar refractivity (Wildman–Crippen MR) is 106 cm³/mol. The number of para-hydroxylation sites is 1. The number of hydrogen-bond acceptors (Lipinski definition) is 5. The Morgan fingerprint density at radius 1 is 1.11 bits per heavy atom. The summed E-state index contributed by atoms with van der Waals surface area (Å²) in [5.41, 5.74) is 0.874. The van der Waals surface area contributed by atoms with Crippen LogP contribution >= 0.6 is 0 Å². The van der Waals surface area contributed by atoms with Gasteiger partial charge in [-0.1, -0.05) is 18.2 Å². The number of halogens is 1. The fourth-order valence-corrected chi connectivity index (χ4v) is 4.55. The van der Waals surface area contributed by atoms with E-state index in [1.54, 1.807) is 10.8 Å². The Kier molecular flexibility index (Phi) is 5.03. The van der Waals surface area contributed by atoms with E-state index in [2.05, 4.69) is 20.0 Å². The van der Waals surface area contributed by atoms with Gasteiger partial charge in [-0.25, -0.2) is 22.5 Å². The lowest BCUT2D eigenvalue weighted by Crippen LogP contribution is -2.39. The minimum absolute atomic E-state index is 0.0380. The number of aromatic nitrogens is 3. The van der Waals surface area contributed by atoms with E-state index >= 15 is 0 Å². The Labute approximate surface area is 163 Å². The van der Waals surface area contributed by atoms with Crippen LogP contribution in [0.5, 0.6) is 0 Å². The molecule has 148 valence electrons. The summed E-state index contributed by atoms with van der Waals surface area (Å²) >= 11 is 0. The van der Waals surface area contributed by atoms with Crippen molar-refractivity contribution >= 4 is 26.9 Å². The van der Waals surface area contributed by atoms with Crippen LogP contribution < -0.4 is 10.0 Å². The number of nitrogens with one attached hydrogen (secondary N) is 2. The van der Waals surface area contributed by atoms with Crippen LogP contribution in [0.1, 0.15) is 25.7 Å². The average Bonchev–Trinajstić information content (AvgIpc) is 3.08. The van der Waals surface area contributed by atoms with Crippen LogP contribution in [0, 0.1) is 5.82 Å².